The predicted molar refractivity (Wildman–Crippen MR) is 64.9 cm³/mol. The van der Waals surface area contributed by atoms with Crippen LogP contribution in [0.4, 0.5) is 0 Å². The van der Waals surface area contributed by atoms with Gasteiger partial charge in [0, 0.05) is 25.7 Å². The van der Waals surface area contributed by atoms with Crippen molar-refractivity contribution in [2.45, 2.75) is 53.0 Å². The maximum Gasteiger partial charge on any atom is 0.0446 e. The first-order valence-corrected chi connectivity index (χ1v) is 6.34. The minimum atomic E-state index is 0.292. The van der Waals surface area contributed by atoms with E-state index in [1.165, 1.54) is 25.9 Å². The van der Waals surface area contributed by atoms with Crippen molar-refractivity contribution in [2.24, 2.45) is 11.3 Å². The molecule has 1 saturated heterocycles. The highest BCUT2D eigenvalue weighted by Crippen LogP contribution is 2.33. The van der Waals surface area contributed by atoms with Gasteiger partial charge in [-0.1, -0.05) is 34.1 Å². The zero-order valence-electron chi connectivity index (χ0n) is 10.8. The summed E-state index contributed by atoms with van der Waals surface area (Å²) in [5.41, 5.74) is 0.292. The van der Waals surface area contributed by atoms with Crippen LogP contribution >= 0.6 is 0 Å². The molecule has 1 fully saturated rings. The van der Waals surface area contributed by atoms with Gasteiger partial charge in [-0.15, -0.1) is 0 Å². The Hall–Kier alpha value is -0.0800. The average Bonchev–Trinajstić information content (AvgIpc) is 2.06. The molecule has 1 heterocycles. The Morgan fingerprint density at radius 1 is 1.33 bits per heavy atom. The summed E-state index contributed by atoms with van der Waals surface area (Å²) in [6, 6.07) is 0.551. The number of aliphatic hydroxyl groups excluding tert-OH is 1. The number of rotatable bonds is 5. The van der Waals surface area contributed by atoms with Crippen LogP contribution in [0.3, 0.4) is 0 Å². The normalized spacial score (nSPS) is 21.4. The van der Waals surface area contributed by atoms with Crippen molar-refractivity contribution in [3.8, 4) is 0 Å². The van der Waals surface area contributed by atoms with Gasteiger partial charge >= 0.3 is 0 Å². The van der Waals surface area contributed by atoms with Crippen molar-refractivity contribution in [3.63, 3.8) is 0 Å². The second-order valence-electron chi connectivity index (χ2n) is 6.00. The number of hydrogen-bond donors (Lipinski definition) is 1. The van der Waals surface area contributed by atoms with Crippen LogP contribution in [0.1, 0.15) is 47.0 Å². The Kier molecular flexibility index (Phi) is 4.60. The highest BCUT2D eigenvalue weighted by Gasteiger charge is 2.36. The lowest BCUT2D eigenvalue weighted by atomic mass is 9.80. The van der Waals surface area contributed by atoms with Crippen molar-refractivity contribution in [1.82, 2.24) is 4.90 Å². The van der Waals surface area contributed by atoms with Crippen molar-refractivity contribution in [3.05, 3.63) is 0 Å². The third kappa shape index (κ3) is 3.46. The van der Waals surface area contributed by atoms with E-state index in [1.54, 1.807) is 0 Å². The standard InChI is InChI=1S/C13H27NO/c1-5-6-11-9-14(10-11)12(7-8-15)13(2,3)4/h11-12,15H,5-10H2,1-4H3. The van der Waals surface area contributed by atoms with Crippen LogP contribution in [0.2, 0.25) is 0 Å². The highest BCUT2D eigenvalue weighted by atomic mass is 16.3. The van der Waals surface area contributed by atoms with Gasteiger partial charge in [0.2, 0.25) is 0 Å². The molecule has 0 aromatic heterocycles. The summed E-state index contributed by atoms with van der Waals surface area (Å²) in [5.74, 6) is 0.915. The van der Waals surface area contributed by atoms with Crippen LogP contribution in [0.15, 0.2) is 0 Å². The molecule has 2 nitrogen and oxygen atoms in total. The zero-order valence-corrected chi connectivity index (χ0v) is 10.8. The molecule has 90 valence electrons. The van der Waals surface area contributed by atoms with E-state index in [0.717, 1.165) is 12.3 Å². The van der Waals surface area contributed by atoms with Gasteiger partial charge in [0.1, 0.15) is 0 Å². The van der Waals surface area contributed by atoms with E-state index in [-0.39, 0.29) is 0 Å². The third-order valence-electron chi connectivity index (χ3n) is 3.53. The maximum absolute atomic E-state index is 9.11. The minimum absolute atomic E-state index is 0.292. The lowest BCUT2D eigenvalue weighted by Gasteiger charge is -2.49. The van der Waals surface area contributed by atoms with Crippen LogP contribution in [-0.4, -0.2) is 35.7 Å². The molecule has 0 aromatic carbocycles. The lowest BCUT2D eigenvalue weighted by molar-refractivity contribution is -0.0122. The predicted octanol–water partition coefficient (Wildman–Crippen LogP) is 2.52. The molecule has 0 bridgehead atoms. The molecule has 1 aliphatic rings. The monoisotopic (exact) mass is 213 g/mol. The molecule has 0 saturated carbocycles. The first kappa shape index (κ1) is 13.0. The molecule has 0 aromatic rings. The second-order valence-corrected chi connectivity index (χ2v) is 6.00. The Labute approximate surface area is 94.7 Å². The molecule has 0 spiro atoms. The van der Waals surface area contributed by atoms with Crippen molar-refractivity contribution in [2.75, 3.05) is 19.7 Å². The first-order chi connectivity index (χ1) is 6.99. The van der Waals surface area contributed by atoms with E-state index in [2.05, 4.69) is 32.6 Å². The molecule has 15 heavy (non-hydrogen) atoms. The average molecular weight is 213 g/mol. The van der Waals surface area contributed by atoms with Crippen LogP contribution in [0, 0.1) is 11.3 Å². The number of aliphatic hydroxyl groups is 1. The van der Waals surface area contributed by atoms with Gasteiger partial charge in [0.05, 0.1) is 0 Å². The van der Waals surface area contributed by atoms with Crippen LogP contribution in [-0.2, 0) is 0 Å². The summed E-state index contributed by atoms with van der Waals surface area (Å²) < 4.78 is 0. The number of hydrogen-bond acceptors (Lipinski definition) is 2. The Bertz CT molecular complexity index is 179. The number of likely N-dealkylation sites (tertiary alicyclic amines) is 1. The fourth-order valence-electron chi connectivity index (χ4n) is 2.74. The molecule has 0 amide bonds. The summed E-state index contributed by atoms with van der Waals surface area (Å²) in [6.07, 6.45) is 3.59. The molecule has 2 heteroatoms. The van der Waals surface area contributed by atoms with Gasteiger partial charge in [-0.3, -0.25) is 4.90 Å². The number of nitrogens with zero attached hydrogens (tertiary/aromatic N) is 1. The van der Waals surface area contributed by atoms with Crippen molar-refractivity contribution < 1.29 is 5.11 Å². The largest absolute Gasteiger partial charge is 0.396 e. The van der Waals surface area contributed by atoms with Crippen LogP contribution < -0.4 is 0 Å². The Morgan fingerprint density at radius 2 is 1.93 bits per heavy atom. The van der Waals surface area contributed by atoms with Gasteiger partial charge < -0.3 is 5.11 Å². The van der Waals surface area contributed by atoms with E-state index >= 15 is 0 Å². The third-order valence-corrected chi connectivity index (χ3v) is 3.53. The SMILES string of the molecule is CCCC1CN(C(CCO)C(C)(C)C)C1. The smallest absolute Gasteiger partial charge is 0.0446 e. The summed E-state index contributed by atoms with van der Waals surface area (Å²) in [7, 11) is 0. The summed E-state index contributed by atoms with van der Waals surface area (Å²) in [4.78, 5) is 2.55. The van der Waals surface area contributed by atoms with E-state index in [0.29, 0.717) is 18.1 Å². The van der Waals surface area contributed by atoms with Crippen LogP contribution in [0.5, 0.6) is 0 Å². The van der Waals surface area contributed by atoms with Gasteiger partial charge in [0.25, 0.3) is 0 Å². The Balaban J connectivity index is 2.40. The topological polar surface area (TPSA) is 23.5 Å². The molecule has 1 atom stereocenters. The van der Waals surface area contributed by atoms with Crippen molar-refractivity contribution in [1.29, 1.82) is 0 Å². The maximum atomic E-state index is 9.11. The van der Waals surface area contributed by atoms with E-state index in [4.69, 9.17) is 5.11 Å². The van der Waals surface area contributed by atoms with Gasteiger partial charge in [-0.25, -0.2) is 0 Å². The molecule has 1 rings (SSSR count). The molecule has 1 unspecified atom stereocenters. The zero-order chi connectivity index (χ0) is 11.5. The molecule has 0 aliphatic carbocycles. The summed E-state index contributed by atoms with van der Waals surface area (Å²) >= 11 is 0. The molecule has 0 radical (unpaired) electrons. The van der Waals surface area contributed by atoms with Gasteiger partial charge in [-0.2, -0.15) is 0 Å². The Morgan fingerprint density at radius 3 is 2.33 bits per heavy atom. The summed E-state index contributed by atoms with van der Waals surface area (Å²) in [5, 5.41) is 9.11. The first-order valence-electron chi connectivity index (χ1n) is 6.34. The molecular weight excluding hydrogens is 186 g/mol. The molecular formula is C13H27NO. The lowest BCUT2D eigenvalue weighted by Crippen LogP contribution is -2.56. The van der Waals surface area contributed by atoms with E-state index in [1.807, 2.05) is 0 Å². The van der Waals surface area contributed by atoms with Gasteiger partial charge in [0.15, 0.2) is 0 Å². The summed E-state index contributed by atoms with van der Waals surface area (Å²) in [6.45, 7) is 11.9. The van der Waals surface area contributed by atoms with E-state index in [9.17, 15) is 0 Å². The van der Waals surface area contributed by atoms with Crippen LogP contribution in [0.25, 0.3) is 0 Å². The highest BCUT2D eigenvalue weighted by molar-refractivity contribution is 4.90. The molecule has 1 N–H and O–H groups in total. The fourth-order valence-corrected chi connectivity index (χ4v) is 2.74. The minimum Gasteiger partial charge on any atom is -0.396 e. The molecule has 1 aliphatic heterocycles. The second kappa shape index (κ2) is 5.31. The quantitative estimate of drug-likeness (QED) is 0.758. The van der Waals surface area contributed by atoms with E-state index < -0.39 is 0 Å². The van der Waals surface area contributed by atoms with Gasteiger partial charge in [-0.05, 0) is 24.2 Å². The van der Waals surface area contributed by atoms with Crippen molar-refractivity contribution >= 4 is 0 Å². The fraction of sp³-hybridized carbons (Fsp3) is 1.00.